The molecular formula is C49H19F20N5O. The maximum Gasteiger partial charge on any atom is 0.200 e. The fraction of sp³-hybridized carbons (Fsp3) is 0.143. The van der Waals surface area contributed by atoms with E-state index < -0.39 is 236 Å². The first kappa shape index (κ1) is 49.5. The van der Waals surface area contributed by atoms with E-state index in [9.17, 15) is 22.7 Å². The largest absolute Gasteiger partial charge is 0.392 e. The summed E-state index contributed by atoms with van der Waals surface area (Å²) in [6.07, 6.45) is -0.353. The van der Waals surface area contributed by atoms with Crippen molar-refractivity contribution in [1.82, 2.24) is 24.8 Å². The van der Waals surface area contributed by atoms with Crippen LogP contribution in [-0.2, 0) is 0 Å². The number of aliphatic hydroxyl groups is 1. The van der Waals surface area contributed by atoms with Gasteiger partial charge in [0, 0.05) is 75.3 Å². The third-order valence-corrected chi connectivity index (χ3v) is 13.6. The average molecular weight is 1070 g/mol. The first-order valence-electron chi connectivity index (χ1n) is 21.4. The molecule has 11 rings (SSSR count). The Bertz CT molecular complexity index is 3850. The standard InChI is InChI=1S/C49H19F20N5O/c50-28-24(29(51)37(59)44(66)36(28)58)20-12-1-2-13(70-12)21(25-30(52)38(60)45(67)39(61)31(25)53)15-4-6-17(72-15)23(27-34(56)42(64)47(69)43(65)35(27)57)49-19-11(9-74-8-10(75)7-18(19)74)48(73-49)22(16-5-3-14(20)71-16)26-32(54)40(62)46(68)41(63)33(26)55/h1-6,10-11,18-19,71-72,75H,7-9H2/t10-,11-,18+,19-/m1/s1. The molecule has 0 saturated carbocycles. The summed E-state index contributed by atoms with van der Waals surface area (Å²) in [4.78, 5) is 14.5. The zero-order valence-electron chi connectivity index (χ0n) is 36.2. The number of nitrogens with zero attached hydrogens (tertiary/aromatic N) is 3. The summed E-state index contributed by atoms with van der Waals surface area (Å²) in [7, 11) is 0. The van der Waals surface area contributed by atoms with Crippen molar-refractivity contribution in [3.05, 3.63) is 163 Å². The minimum Gasteiger partial charge on any atom is -0.392 e. The van der Waals surface area contributed by atoms with Crippen LogP contribution in [0.15, 0.2) is 24.3 Å². The second-order valence-corrected chi connectivity index (χ2v) is 17.5. The van der Waals surface area contributed by atoms with Gasteiger partial charge in [-0.3, -0.25) is 9.88 Å². The molecule has 8 bridgehead atoms. The van der Waals surface area contributed by atoms with Crippen LogP contribution < -0.4 is 0 Å². The number of H-pyrrole nitrogens is 2. The number of hydrogen-bond acceptors (Lipinski definition) is 4. The van der Waals surface area contributed by atoms with Crippen LogP contribution in [0.4, 0.5) is 87.8 Å². The molecule has 4 aromatic carbocycles. The Morgan fingerprint density at radius 2 is 0.653 bits per heavy atom. The van der Waals surface area contributed by atoms with Gasteiger partial charge in [-0.1, -0.05) is 0 Å². The molecule has 7 aromatic rings. The van der Waals surface area contributed by atoms with Crippen LogP contribution in [0.3, 0.4) is 0 Å². The molecular weight excluding hydrogens is 1050 g/mol. The number of aliphatic hydroxyl groups excluding tert-OH is 1. The van der Waals surface area contributed by atoms with Crippen molar-refractivity contribution in [2.45, 2.75) is 30.4 Å². The van der Waals surface area contributed by atoms with Crippen molar-refractivity contribution in [3.63, 3.8) is 0 Å². The van der Waals surface area contributed by atoms with Crippen molar-refractivity contribution in [2.75, 3.05) is 13.1 Å². The van der Waals surface area contributed by atoms with Crippen LogP contribution >= 0.6 is 0 Å². The summed E-state index contributed by atoms with van der Waals surface area (Å²) in [6, 6.07) is 1.53. The number of benzene rings is 4. The molecule has 386 valence electrons. The molecule has 3 N–H and O–H groups in total. The van der Waals surface area contributed by atoms with Gasteiger partial charge in [-0.05, 0) is 42.8 Å². The van der Waals surface area contributed by atoms with E-state index in [-0.39, 0.29) is 13.0 Å². The van der Waals surface area contributed by atoms with Gasteiger partial charge >= 0.3 is 0 Å². The molecule has 0 aliphatic carbocycles. The number of hydrogen-bond donors (Lipinski definition) is 3. The molecule has 2 fully saturated rings. The number of aromatic amines is 2. The van der Waals surface area contributed by atoms with E-state index in [0.717, 1.165) is 0 Å². The van der Waals surface area contributed by atoms with Gasteiger partial charge in [-0.15, -0.1) is 0 Å². The summed E-state index contributed by atoms with van der Waals surface area (Å²) in [5.41, 5.74) is -19.8. The molecule has 0 unspecified atom stereocenters. The normalized spacial score (nSPS) is 18.2. The summed E-state index contributed by atoms with van der Waals surface area (Å²) in [5.74, 6) is -55.8. The third-order valence-electron chi connectivity index (χ3n) is 13.6. The first-order chi connectivity index (χ1) is 35.5. The Labute approximate surface area is 402 Å². The van der Waals surface area contributed by atoms with Gasteiger partial charge < -0.3 is 15.1 Å². The van der Waals surface area contributed by atoms with Crippen LogP contribution in [0.2, 0.25) is 0 Å². The molecule has 6 nitrogen and oxygen atoms in total. The second kappa shape index (κ2) is 17.2. The van der Waals surface area contributed by atoms with Crippen molar-refractivity contribution in [1.29, 1.82) is 0 Å². The zero-order valence-corrected chi connectivity index (χ0v) is 36.2. The van der Waals surface area contributed by atoms with E-state index in [0.29, 0.717) is 36.4 Å². The van der Waals surface area contributed by atoms with Crippen LogP contribution in [0.5, 0.6) is 0 Å². The third kappa shape index (κ3) is 6.89. The lowest BCUT2D eigenvalue weighted by atomic mass is 9.82. The molecule has 3 aromatic heterocycles. The summed E-state index contributed by atoms with van der Waals surface area (Å²) in [5, 5.41) is 10.8. The first-order valence-corrected chi connectivity index (χ1v) is 21.4. The minimum absolute atomic E-state index is 0.276. The Morgan fingerprint density at radius 1 is 0.360 bits per heavy atom. The predicted molar refractivity (Wildman–Crippen MR) is 222 cm³/mol. The quantitative estimate of drug-likeness (QED) is 0.0932. The highest BCUT2D eigenvalue weighted by molar-refractivity contribution is 5.98. The molecule has 75 heavy (non-hydrogen) atoms. The highest BCUT2D eigenvalue weighted by atomic mass is 19.2. The molecule has 4 aliphatic heterocycles. The van der Waals surface area contributed by atoms with Crippen molar-refractivity contribution >= 4 is 34.2 Å². The average Bonchev–Trinajstić information content (AvgIpc) is 4.30. The lowest BCUT2D eigenvalue weighted by Gasteiger charge is -2.21. The van der Waals surface area contributed by atoms with Crippen molar-refractivity contribution in [3.8, 4) is 44.5 Å². The maximum atomic E-state index is 16.4. The number of halogens is 20. The topological polar surface area (TPSA) is 80.8 Å². The Balaban J connectivity index is 1.45. The lowest BCUT2D eigenvalue weighted by Crippen LogP contribution is -2.26. The SMILES string of the molecule is O[C@@H]1C[C@H]2[C@@H]3c4nc(c(-c5c(F)c(F)c(F)c(F)c5F)c5ccc([nH]5)c(-c5c(F)c(F)c(F)c(F)c5F)c5nc(c(-c6c(F)c(F)c(F)c(F)c6F)c6ccc([nH]6)c4-c4c(F)c(F)c(F)c(F)c4F)C=C5)[C@@H]3CN2C1. The van der Waals surface area contributed by atoms with Crippen LogP contribution in [0, 0.1) is 116 Å². The second-order valence-electron chi connectivity index (χ2n) is 17.5. The Morgan fingerprint density at radius 3 is 1.00 bits per heavy atom. The van der Waals surface area contributed by atoms with E-state index >= 15 is 70.2 Å². The number of fused-ring (bicyclic) bond motifs is 13. The van der Waals surface area contributed by atoms with Crippen LogP contribution in [-0.4, -0.2) is 55.2 Å². The molecule has 2 saturated heterocycles. The van der Waals surface area contributed by atoms with E-state index in [2.05, 4.69) is 19.9 Å². The number of aromatic nitrogens is 4. The fourth-order valence-corrected chi connectivity index (χ4v) is 10.4. The van der Waals surface area contributed by atoms with Gasteiger partial charge in [-0.2, -0.15) is 0 Å². The fourth-order valence-electron chi connectivity index (χ4n) is 10.4. The predicted octanol–water partition coefficient (Wildman–Crippen LogP) is 13.3. The highest BCUT2D eigenvalue weighted by Gasteiger charge is 2.53. The monoisotopic (exact) mass is 1070 g/mol. The summed E-state index contributed by atoms with van der Waals surface area (Å²) >= 11 is 0. The van der Waals surface area contributed by atoms with Crippen molar-refractivity contribution in [2.24, 2.45) is 0 Å². The molecule has 4 atom stereocenters. The maximum absolute atomic E-state index is 16.4. The molecule has 4 aliphatic rings. The van der Waals surface area contributed by atoms with Gasteiger partial charge in [0.2, 0.25) is 23.3 Å². The van der Waals surface area contributed by atoms with Gasteiger partial charge in [-0.25, -0.2) is 92.8 Å². The number of nitrogens with one attached hydrogen (secondary N) is 2. The summed E-state index contributed by atoms with van der Waals surface area (Å²) < 4.78 is 311. The Hall–Kier alpha value is -7.74. The van der Waals surface area contributed by atoms with Gasteiger partial charge in [0.1, 0.15) is 0 Å². The van der Waals surface area contributed by atoms with Crippen LogP contribution in [0.1, 0.15) is 41.0 Å². The molecule has 0 spiro atoms. The smallest absolute Gasteiger partial charge is 0.200 e. The van der Waals surface area contributed by atoms with Crippen LogP contribution in [0.25, 0.3) is 78.7 Å². The van der Waals surface area contributed by atoms with E-state index in [1.807, 2.05) is 0 Å². The Kier molecular flexibility index (Phi) is 11.3. The van der Waals surface area contributed by atoms with Gasteiger partial charge in [0.15, 0.2) is 93.1 Å². The molecule has 7 heterocycles. The van der Waals surface area contributed by atoms with E-state index in [4.69, 9.17) is 0 Å². The number of rotatable bonds is 4. The minimum atomic E-state index is -2.72. The highest BCUT2D eigenvalue weighted by Crippen LogP contribution is 2.56. The summed E-state index contributed by atoms with van der Waals surface area (Å²) in [6.45, 7) is -0.747. The lowest BCUT2D eigenvalue weighted by molar-refractivity contribution is 0.176. The van der Waals surface area contributed by atoms with Gasteiger partial charge in [0.25, 0.3) is 0 Å². The zero-order chi connectivity index (χ0) is 53.9. The molecule has 0 radical (unpaired) electrons. The van der Waals surface area contributed by atoms with Crippen molar-refractivity contribution < 1.29 is 92.9 Å². The van der Waals surface area contributed by atoms with E-state index in [1.54, 1.807) is 0 Å². The van der Waals surface area contributed by atoms with Gasteiger partial charge in [0.05, 0.1) is 51.1 Å². The molecule has 0 amide bonds. The molecule has 26 heteroatoms. The van der Waals surface area contributed by atoms with E-state index in [1.165, 1.54) is 4.90 Å².